The van der Waals surface area contributed by atoms with E-state index in [-0.39, 0.29) is 11.4 Å². The summed E-state index contributed by atoms with van der Waals surface area (Å²) in [4.78, 5) is 12.1. The Morgan fingerprint density at radius 3 is 2.38 bits per heavy atom. The second-order valence-corrected chi connectivity index (χ2v) is 11.3. The Kier molecular flexibility index (Phi) is 6.46. The van der Waals surface area contributed by atoms with Crippen LogP contribution < -0.4 is 9.64 Å². The van der Waals surface area contributed by atoms with Gasteiger partial charge in [0.1, 0.15) is 5.75 Å². The van der Waals surface area contributed by atoms with Gasteiger partial charge in [-0.05, 0) is 55.2 Å². The summed E-state index contributed by atoms with van der Waals surface area (Å²) in [7, 11) is -3.69. The molecule has 1 fully saturated rings. The standard InChI is InChI=1S/C25H27ClN4O3S/c1-18-11-14-29(15-12-18)25-27-23-13-16-30(34(31,32)21-9-7-19(26)8-10-21)17-22(23)24(28-25)33-20-5-3-2-4-6-20/h2-10,18H,11-17H2,1H3. The van der Waals surface area contributed by atoms with Crippen LogP contribution in [0.3, 0.4) is 0 Å². The highest BCUT2D eigenvalue weighted by molar-refractivity contribution is 7.89. The Morgan fingerprint density at radius 1 is 0.971 bits per heavy atom. The molecule has 0 atom stereocenters. The maximum Gasteiger partial charge on any atom is 0.243 e. The summed E-state index contributed by atoms with van der Waals surface area (Å²) < 4.78 is 34.3. The van der Waals surface area contributed by atoms with Crippen molar-refractivity contribution in [1.29, 1.82) is 0 Å². The SMILES string of the molecule is CC1CCN(c2nc3c(c(Oc4ccccc4)n2)CN(S(=O)(=O)c2ccc(Cl)cc2)CC3)CC1. The van der Waals surface area contributed by atoms with E-state index in [9.17, 15) is 8.42 Å². The fraction of sp³-hybridized carbons (Fsp3) is 0.360. The topological polar surface area (TPSA) is 75.6 Å². The number of anilines is 1. The van der Waals surface area contributed by atoms with Gasteiger partial charge in [-0.1, -0.05) is 36.7 Å². The molecule has 2 aromatic carbocycles. The first-order valence-corrected chi connectivity index (χ1v) is 13.4. The van der Waals surface area contributed by atoms with Crippen molar-refractivity contribution in [2.45, 2.75) is 37.6 Å². The number of para-hydroxylation sites is 1. The number of rotatable bonds is 5. The van der Waals surface area contributed by atoms with Crippen LogP contribution in [0.4, 0.5) is 5.95 Å². The van der Waals surface area contributed by atoms with Gasteiger partial charge in [0.2, 0.25) is 21.9 Å². The van der Waals surface area contributed by atoms with Crippen molar-refractivity contribution in [1.82, 2.24) is 14.3 Å². The summed E-state index contributed by atoms with van der Waals surface area (Å²) in [6.45, 7) is 4.57. The second kappa shape index (κ2) is 9.52. The first-order chi connectivity index (χ1) is 16.4. The molecular formula is C25H27ClN4O3S. The molecule has 1 aromatic heterocycles. The van der Waals surface area contributed by atoms with Crippen molar-refractivity contribution in [3.63, 3.8) is 0 Å². The molecule has 178 valence electrons. The molecule has 34 heavy (non-hydrogen) atoms. The molecule has 0 unspecified atom stereocenters. The van der Waals surface area contributed by atoms with Gasteiger partial charge < -0.3 is 9.64 Å². The highest BCUT2D eigenvalue weighted by Gasteiger charge is 2.33. The molecule has 0 N–H and O–H groups in total. The first kappa shape index (κ1) is 23.1. The Balaban J connectivity index is 1.50. The summed E-state index contributed by atoms with van der Waals surface area (Å²) >= 11 is 5.95. The number of halogens is 1. The van der Waals surface area contributed by atoms with E-state index in [0.717, 1.165) is 31.6 Å². The largest absolute Gasteiger partial charge is 0.439 e. The van der Waals surface area contributed by atoms with Gasteiger partial charge in [-0.25, -0.2) is 13.4 Å². The molecular weight excluding hydrogens is 472 g/mol. The molecule has 0 radical (unpaired) electrons. The van der Waals surface area contributed by atoms with Crippen LogP contribution in [0.2, 0.25) is 5.02 Å². The highest BCUT2D eigenvalue weighted by atomic mass is 35.5. The third kappa shape index (κ3) is 4.76. The summed E-state index contributed by atoms with van der Waals surface area (Å²) in [6, 6.07) is 15.7. The molecule has 5 rings (SSSR count). The molecule has 2 aliphatic heterocycles. The van der Waals surface area contributed by atoms with Crippen LogP contribution in [0.15, 0.2) is 59.5 Å². The third-order valence-corrected chi connectivity index (χ3v) is 8.56. The number of ether oxygens (including phenoxy) is 1. The van der Waals surface area contributed by atoms with Crippen molar-refractivity contribution in [2.24, 2.45) is 5.92 Å². The number of piperidine rings is 1. The Bertz CT molecular complexity index is 1260. The van der Waals surface area contributed by atoms with Crippen LogP contribution in [0, 0.1) is 5.92 Å². The van der Waals surface area contributed by atoms with Crippen molar-refractivity contribution in [3.05, 3.63) is 70.9 Å². The summed E-state index contributed by atoms with van der Waals surface area (Å²) in [5, 5.41) is 0.495. The van der Waals surface area contributed by atoms with E-state index < -0.39 is 10.0 Å². The minimum atomic E-state index is -3.69. The molecule has 1 saturated heterocycles. The zero-order valence-corrected chi connectivity index (χ0v) is 20.6. The molecule has 0 bridgehead atoms. The van der Waals surface area contributed by atoms with Crippen molar-refractivity contribution in [3.8, 4) is 11.6 Å². The zero-order chi connectivity index (χ0) is 23.7. The molecule has 2 aliphatic rings. The van der Waals surface area contributed by atoms with Crippen LogP contribution in [0.5, 0.6) is 11.6 Å². The first-order valence-electron chi connectivity index (χ1n) is 11.5. The molecule has 9 heteroatoms. The number of aromatic nitrogens is 2. The van der Waals surface area contributed by atoms with Gasteiger partial charge in [-0.2, -0.15) is 9.29 Å². The summed E-state index contributed by atoms with van der Waals surface area (Å²) in [5.74, 6) is 2.42. The zero-order valence-electron chi connectivity index (χ0n) is 19.0. The van der Waals surface area contributed by atoms with E-state index in [1.807, 2.05) is 30.3 Å². The Hall–Kier alpha value is -2.68. The predicted octanol–water partition coefficient (Wildman–Crippen LogP) is 4.91. The normalized spacial score (nSPS) is 17.4. The predicted molar refractivity (Wildman–Crippen MR) is 132 cm³/mol. The molecule has 0 saturated carbocycles. The lowest BCUT2D eigenvalue weighted by Gasteiger charge is -2.33. The lowest BCUT2D eigenvalue weighted by molar-refractivity contribution is 0.368. The van der Waals surface area contributed by atoms with E-state index in [1.165, 1.54) is 16.4 Å². The van der Waals surface area contributed by atoms with Crippen LogP contribution in [0.1, 0.15) is 31.0 Å². The maximum absolute atomic E-state index is 13.3. The molecule has 3 heterocycles. The number of nitrogens with zero attached hydrogens (tertiary/aromatic N) is 4. The van der Waals surface area contributed by atoms with Crippen LogP contribution >= 0.6 is 11.6 Å². The van der Waals surface area contributed by atoms with E-state index >= 15 is 0 Å². The van der Waals surface area contributed by atoms with E-state index in [4.69, 9.17) is 26.3 Å². The van der Waals surface area contributed by atoms with E-state index in [1.54, 1.807) is 12.1 Å². The minimum Gasteiger partial charge on any atom is -0.439 e. The second-order valence-electron chi connectivity index (χ2n) is 8.88. The monoisotopic (exact) mass is 498 g/mol. The Morgan fingerprint density at radius 2 is 1.68 bits per heavy atom. The van der Waals surface area contributed by atoms with Gasteiger partial charge in [0, 0.05) is 37.6 Å². The fourth-order valence-corrected chi connectivity index (χ4v) is 5.88. The number of benzene rings is 2. The average molecular weight is 499 g/mol. The van der Waals surface area contributed by atoms with E-state index in [0.29, 0.717) is 47.0 Å². The van der Waals surface area contributed by atoms with Gasteiger partial charge in [0.05, 0.1) is 16.2 Å². The molecule has 0 spiro atoms. The van der Waals surface area contributed by atoms with Crippen molar-refractivity contribution >= 4 is 27.6 Å². The molecule has 3 aromatic rings. The van der Waals surface area contributed by atoms with E-state index in [2.05, 4.69) is 11.8 Å². The van der Waals surface area contributed by atoms with Gasteiger partial charge in [0.25, 0.3) is 0 Å². The highest BCUT2D eigenvalue weighted by Crippen LogP contribution is 2.34. The number of hydrogen-bond acceptors (Lipinski definition) is 6. The molecule has 7 nitrogen and oxygen atoms in total. The van der Waals surface area contributed by atoms with Gasteiger partial charge >= 0.3 is 0 Å². The molecule has 0 aliphatic carbocycles. The smallest absolute Gasteiger partial charge is 0.243 e. The third-order valence-electron chi connectivity index (χ3n) is 6.45. The Labute approximate surface area is 205 Å². The average Bonchev–Trinajstić information content (AvgIpc) is 2.85. The summed E-state index contributed by atoms with van der Waals surface area (Å²) in [5.41, 5.74) is 1.55. The lowest BCUT2D eigenvalue weighted by Crippen LogP contribution is -2.38. The quantitative estimate of drug-likeness (QED) is 0.497. The number of hydrogen-bond donors (Lipinski definition) is 0. The van der Waals surface area contributed by atoms with Gasteiger partial charge in [-0.3, -0.25) is 0 Å². The fourth-order valence-electron chi connectivity index (χ4n) is 4.34. The van der Waals surface area contributed by atoms with Crippen molar-refractivity contribution < 1.29 is 13.2 Å². The van der Waals surface area contributed by atoms with Crippen LogP contribution in [-0.4, -0.2) is 42.3 Å². The van der Waals surface area contributed by atoms with Gasteiger partial charge in [-0.15, -0.1) is 0 Å². The molecule has 0 amide bonds. The van der Waals surface area contributed by atoms with Gasteiger partial charge in [0.15, 0.2) is 0 Å². The van der Waals surface area contributed by atoms with Crippen LogP contribution in [0.25, 0.3) is 0 Å². The lowest BCUT2D eigenvalue weighted by atomic mass is 9.99. The van der Waals surface area contributed by atoms with Crippen LogP contribution in [-0.2, 0) is 23.0 Å². The summed E-state index contributed by atoms with van der Waals surface area (Å²) in [6.07, 6.45) is 2.69. The number of fused-ring (bicyclic) bond motifs is 1. The van der Waals surface area contributed by atoms with Crippen molar-refractivity contribution in [2.75, 3.05) is 24.5 Å². The maximum atomic E-state index is 13.3. The number of sulfonamides is 1. The minimum absolute atomic E-state index is 0.153.